The van der Waals surface area contributed by atoms with Crippen molar-refractivity contribution in [1.82, 2.24) is 24.6 Å². The molecular weight excluding hydrogens is 330 g/mol. The zero-order valence-electron chi connectivity index (χ0n) is 15.3. The van der Waals surface area contributed by atoms with Crippen molar-refractivity contribution in [2.75, 3.05) is 31.1 Å². The number of carbonyl (C=O) groups excluding carboxylic acids is 1. The van der Waals surface area contributed by atoms with Crippen molar-refractivity contribution in [3.05, 3.63) is 12.5 Å². The first kappa shape index (κ1) is 17.2. The third-order valence-electron chi connectivity index (χ3n) is 5.84. The van der Waals surface area contributed by atoms with Gasteiger partial charge in [0.25, 0.3) is 0 Å². The average Bonchev–Trinajstić information content (AvgIpc) is 3.09. The Balaban J connectivity index is 1.41. The van der Waals surface area contributed by atoms with Gasteiger partial charge in [0, 0.05) is 33.2 Å². The Morgan fingerprint density at radius 3 is 2.62 bits per heavy atom. The van der Waals surface area contributed by atoms with E-state index in [-0.39, 0.29) is 11.9 Å². The number of amides is 1. The maximum absolute atomic E-state index is 12.8. The molecule has 26 heavy (non-hydrogen) atoms. The van der Waals surface area contributed by atoms with Crippen LogP contribution in [0.15, 0.2) is 12.5 Å². The largest absolute Gasteiger partial charge is 0.352 e. The van der Waals surface area contributed by atoms with Gasteiger partial charge in [-0.25, -0.2) is 9.97 Å². The zero-order chi connectivity index (χ0) is 18.1. The fourth-order valence-corrected chi connectivity index (χ4v) is 4.25. The highest BCUT2D eigenvalue weighted by Gasteiger charge is 2.31. The molecule has 1 saturated carbocycles. The number of fused-ring (bicyclic) bond motifs is 1. The van der Waals surface area contributed by atoms with Crippen molar-refractivity contribution < 1.29 is 4.79 Å². The highest BCUT2D eigenvalue weighted by atomic mass is 16.2. The van der Waals surface area contributed by atoms with E-state index < -0.39 is 0 Å². The second-order valence-electron chi connectivity index (χ2n) is 7.44. The summed E-state index contributed by atoms with van der Waals surface area (Å²) in [6, 6.07) is -0.342. The van der Waals surface area contributed by atoms with Crippen LogP contribution in [-0.4, -0.2) is 62.8 Å². The number of hydrogen-bond acceptors (Lipinski definition) is 6. The lowest BCUT2D eigenvalue weighted by Crippen LogP contribution is -2.55. The molecule has 8 heteroatoms. The van der Waals surface area contributed by atoms with E-state index in [4.69, 9.17) is 5.73 Å². The number of anilines is 1. The second-order valence-corrected chi connectivity index (χ2v) is 7.44. The maximum atomic E-state index is 12.8. The lowest BCUT2D eigenvalue weighted by Gasteiger charge is -2.38. The smallest absolute Gasteiger partial charge is 0.239 e. The molecule has 1 saturated heterocycles. The molecule has 2 aromatic rings. The van der Waals surface area contributed by atoms with Crippen LogP contribution in [0.3, 0.4) is 0 Å². The van der Waals surface area contributed by atoms with Crippen LogP contribution in [0, 0.1) is 5.92 Å². The minimum absolute atomic E-state index is 0.116. The summed E-state index contributed by atoms with van der Waals surface area (Å²) in [4.78, 5) is 25.7. The van der Waals surface area contributed by atoms with Crippen molar-refractivity contribution >= 4 is 22.8 Å². The highest BCUT2D eigenvalue weighted by molar-refractivity contribution is 5.87. The van der Waals surface area contributed by atoms with Crippen molar-refractivity contribution in [3.8, 4) is 0 Å². The molecule has 0 aromatic carbocycles. The van der Waals surface area contributed by atoms with Gasteiger partial charge in [0.05, 0.1) is 17.6 Å². The van der Waals surface area contributed by atoms with E-state index in [0.717, 1.165) is 42.8 Å². The van der Waals surface area contributed by atoms with Gasteiger partial charge in [0.15, 0.2) is 5.65 Å². The van der Waals surface area contributed by atoms with Gasteiger partial charge in [-0.3, -0.25) is 9.48 Å². The fourth-order valence-electron chi connectivity index (χ4n) is 4.25. The molecule has 1 aliphatic heterocycles. The van der Waals surface area contributed by atoms with Crippen LogP contribution >= 0.6 is 0 Å². The predicted molar refractivity (Wildman–Crippen MR) is 99.6 cm³/mol. The summed E-state index contributed by atoms with van der Waals surface area (Å²) in [5.74, 6) is 1.36. The van der Waals surface area contributed by atoms with E-state index in [1.54, 1.807) is 17.2 Å². The Morgan fingerprint density at radius 1 is 1.15 bits per heavy atom. The molecule has 0 bridgehead atoms. The molecule has 1 amide bonds. The lowest BCUT2D eigenvalue weighted by atomic mass is 9.83. The van der Waals surface area contributed by atoms with Crippen LogP contribution in [0.2, 0.25) is 0 Å². The first-order chi connectivity index (χ1) is 12.6. The maximum Gasteiger partial charge on any atom is 0.239 e. The number of aromatic nitrogens is 4. The highest BCUT2D eigenvalue weighted by Crippen LogP contribution is 2.27. The lowest BCUT2D eigenvalue weighted by molar-refractivity contribution is -0.134. The van der Waals surface area contributed by atoms with Gasteiger partial charge in [0.2, 0.25) is 5.91 Å². The fraction of sp³-hybridized carbons (Fsp3) is 0.667. The summed E-state index contributed by atoms with van der Waals surface area (Å²) in [5.41, 5.74) is 7.14. The third-order valence-corrected chi connectivity index (χ3v) is 5.84. The average molecular weight is 357 g/mol. The molecule has 2 fully saturated rings. The minimum atomic E-state index is -0.342. The number of piperazine rings is 1. The van der Waals surface area contributed by atoms with E-state index in [2.05, 4.69) is 20.0 Å². The summed E-state index contributed by atoms with van der Waals surface area (Å²) in [7, 11) is 1.88. The van der Waals surface area contributed by atoms with Gasteiger partial charge < -0.3 is 15.5 Å². The molecule has 140 valence electrons. The summed E-state index contributed by atoms with van der Waals surface area (Å²) in [6.07, 6.45) is 9.25. The molecular formula is C18H27N7O. The number of aryl methyl sites for hydroxylation is 1. The molecule has 2 aromatic heterocycles. The van der Waals surface area contributed by atoms with Gasteiger partial charge in [-0.2, -0.15) is 5.10 Å². The second kappa shape index (κ2) is 7.19. The van der Waals surface area contributed by atoms with Crippen LogP contribution in [-0.2, 0) is 11.8 Å². The summed E-state index contributed by atoms with van der Waals surface area (Å²) in [6.45, 7) is 2.88. The van der Waals surface area contributed by atoms with Gasteiger partial charge in [-0.15, -0.1) is 0 Å². The molecule has 1 atom stereocenters. The number of nitrogens with zero attached hydrogens (tertiary/aromatic N) is 6. The molecule has 8 nitrogen and oxygen atoms in total. The Morgan fingerprint density at radius 2 is 1.88 bits per heavy atom. The predicted octanol–water partition coefficient (Wildman–Crippen LogP) is 0.919. The van der Waals surface area contributed by atoms with Crippen LogP contribution in [0.1, 0.15) is 32.1 Å². The Labute approximate surface area is 153 Å². The van der Waals surface area contributed by atoms with E-state index in [0.29, 0.717) is 19.0 Å². The molecule has 0 radical (unpaired) electrons. The van der Waals surface area contributed by atoms with Gasteiger partial charge in [-0.05, 0) is 18.8 Å². The molecule has 1 unspecified atom stereocenters. The SMILES string of the molecule is Cn1ncc2c(N3CCN(C(=O)C(N)C4CCCCC4)CC3)ncnc21. The van der Waals surface area contributed by atoms with Crippen LogP contribution < -0.4 is 10.6 Å². The normalized spacial score (nSPS) is 20.5. The summed E-state index contributed by atoms with van der Waals surface area (Å²) < 4.78 is 1.75. The quantitative estimate of drug-likeness (QED) is 0.878. The molecule has 0 spiro atoms. The summed E-state index contributed by atoms with van der Waals surface area (Å²) in [5, 5.41) is 5.23. The van der Waals surface area contributed by atoms with E-state index in [9.17, 15) is 4.79 Å². The van der Waals surface area contributed by atoms with E-state index >= 15 is 0 Å². The van der Waals surface area contributed by atoms with Gasteiger partial charge in [0.1, 0.15) is 12.1 Å². The van der Waals surface area contributed by atoms with Crippen LogP contribution in [0.5, 0.6) is 0 Å². The monoisotopic (exact) mass is 357 g/mol. The van der Waals surface area contributed by atoms with Gasteiger partial charge in [-0.1, -0.05) is 19.3 Å². The minimum Gasteiger partial charge on any atom is -0.352 e. The summed E-state index contributed by atoms with van der Waals surface area (Å²) >= 11 is 0. The standard InChI is InChI=1S/C18H27N7O/c1-23-16-14(11-22-23)17(21-12-20-16)24-7-9-25(10-8-24)18(26)15(19)13-5-3-2-4-6-13/h11-13,15H,2-10,19H2,1H3. The van der Waals surface area contributed by atoms with E-state index in [1.807, 2.05) is 11.9 Å². The number of rotatable bonds is 3. The molecule has 2 N–H and O–H groups in total. The zero-order valence-corrected chi connectivity index (χ0v) is 15.3. The van der Waals surface area contributed by atoms with Gasteiger partial charge >= 0.3 is 0 Å². The van der Waals surface area contributed by atoms with Crippen LogP contribution in [0.4, 0.5) is 5.82 Å². The Bertz CT molecular complexity index is 775. The topological polar surface area (TPSA) is 93.2 Å². The Kier molecular flexibility index (Phi) is 4.76. The number of nitrogens with two attached hydrogens (primary N) is 1. The molecule has 1 aliphatic carbocycles. The number of carbonyl (C=O) groups is 1. The van der Waals surface area contributed by atoms with Crippen LogP contribution in [0.25, 0.3) is 11.0 Å². The van der Waals surface area contributed by atoms with Crippen molar-refractivity contribution in [3.63, 3.8) is 0 Å². The molecule has 4 rings (SSSR count). The van der Waals surface area contributed by atoms with E-state index in [1.165, 1.54) is 19.3 Å². The first-order valence-corrected chi connectivity index (χ1v) is 9.57. The number of hydrogen-bond donors (Lipinski definition) is 1. The van der Waals surface area contributed by atoms with Crippen molar-refractivity contribution in [1.29, 1.82) is 0 Å². The Hall–Kier alpha value is -2.22. The van der Waals surface area contributed by atoms with Crippen molar-refractivity contribution in [2.45, 2.75) is 38.1 Å². The van der Waals surface area contributed by atoms with Crippen molar-refractivity contribution in [2.24, 2.45) is 18.7 Å². The molecule has 2 aliphatic rings. The first-order valence-electron chi connectivity index (χ1n) is 9.57. The molecule has 3 heterocycles. The third kappa shape index (κ3) is 3.13.